The average molecular weight is 158 g/mol. The molecule has 1 rings (SSSR count). The van der Waals surface area contributed by atoms with Crippen LogP contribution in [0.4, 0.5) is 0 Å². The van der Waals surface area contributed by atoms with Gasteiger partial charge >= 0.3 is 5.97 Å². The lowest BCUT2D eigenvalue weighted by atomic mass is 9.96. The highest BCUT2D eigenvalue weighted by molar-refractivity contribution is 6.07. The first-order valence-electron chi connectivity index (χ1n) is 3.54. The molecular weight excluding hydrogens is 148 g/mol. The van der Waals surface area contributed by atoms with Gasteiger partial charge in [-0.15, -0.1) is 0 Å². The summed E-state index contributed by atoms with van der Waals surface area (Å²) in [4.78, 5) is 21.7. The molecule has 0 aromatic heterocycles. The summed E-state index contributed by atoms with van der Waals surface area (Å²) < 4.78 is 4.91. The van der Waals surface area contributed by atoms with Gasteiger partial charge in [0.05, 0.1) is 6.61 Å². The molecule has 0 aliphatic carbocycles. The Labute approximate surface area is 64.2 Å². The Morgan fingerprint density at radius 1 is 1.82 bits per heavy atom. The summed E-state index contributed by atoms with van der Waals surface area (Å²) in [5.74, 6) is -1.48. The zero-order valence-electron chi connectivity index (χ0n) is 6.29. The third-order valence-corrected chi connectivity index (χ3v) is 1.97. The van der Waals surface area contributed by atoms with E-state index in [-0.39, 0.29) is 25.2 Å². The van der Waals surface area contributed by atoms with Crippen LogP contribution in [-0.4, -0.2) is 29.1 Å². The number of hydrogen-bond donors (Lipinski definition) is 1. The number of ether oxygens (including phenoxy) is 1. The second-order valence-electron chi connectivity index (χ2n) is 2.51. The second-order valence-corrected chi connectivity index (χ2v) is 2.51. The molecule has 4 nitrogen and oxygen atoms in total. The molecule has 1 aliphatic heterocycles. The van der Waals surface area contributed by atoms with E-state index >= 15 is 0 Å². The molecule has 1 saturated heterocycles. The standard InChI is InChI=1S/C7H10O4/c1-2-7(6(9)10)5(8)3-4-11-7/h2-4H2,1H3,(H,9,10)/t7-/m1/s1. The predicted molar refractivity (Wildman–Crippen MR) is 36.2 cm³/mol. The molecule has 0 aromatic carbocycles. The van der Waals surface area contributed by atoms with E-state index in [4.69, 9.17) is 9.84 Å². The molecule has 4 heteroatoms. The molecule has 0 spiro atoms. The molecule has 1 atom stereocenters. The number of carboxylic acid groups (broad SMARTS) is 1. The summed E-state index contributed by atoms with van der Waals surface area (Å²) in [6.07, 6.45) is 0.432. The van der Waals surface area contributed by atoms with Crippen molar-refractivity contribution in [3.8, 4) is 0 Å². The predicted octanol–water partition coefficient (Wildman–Crippen LogP) is 0.209. The number of carbonyl (C=O) groups excluding carboxylic acids is 1. The minimum Gasteiger partial charge on any atom is -0.479 e. The summed E-state index contributed by atoms with van der Waals surface area (Å²) >= 11 is 0. The first-order chi connectivity index (χ1) is 5.13. The molecule has 11 heavy (non-hydrogen) atoms. The Hall–Kier alpha value is -0.900. The molecule has 0 saturated carbocycles. The minimum absolute atomic E-state index is 0.209. The van der Waals surface area contributed by atoms with E-state index in [2.05, 4.69) is 0 Å². The molecule has 1 fully saturated rings. The fraction of sp³-hybridized carbons (Fsp3) is 0.714. The van der Waals surface area contributed by atoms with Crippen LogP contribution in [0.5, 0.6) is 0 Å². The SMILES string of the molecule is CC[C@@]1(C(=O)O)OCCC1=O. The lowest BCUT2D eigenvalue weighted by Crippen LogP contribution is -2.43. The number of ketones is 1. The molecule has 1 heterocycles. The van der Waals surface area contributed by atoms with Crippen LogP contribution in [0, 0.1) is 0 Å². The Morgan fingerprint density at radius 2 is 2.45 bits per heavy atom. The Bertz CT molecular complexity index is 199. The molecule has 0 radical (unpaired) electrons. The Kier molecular flexibility index (Phi) is 1.95. The summed E-state index contributed by atoms with van der Waals surface area (Å²) in [7, 11) is 0. The van der Waals surface area contributed by atoms with Crippen molar-refractivity contribution in [2.45, 2.75) is 25.4 Å². The van der Waals surface area contributed by atoms with Crippen molar-refractivity contribution in [2.24, 2.45) is 0 Å². The monoisotopic (exact) mass is 158 g/mol. The second kappa shape index (κ2) is 2.62. The third-order valence-electron chi connectivity index (χ3n) is 1.97. The Morgan fingerprint density at radius 3 is 2.64 bits per heavy atom. The maximum atomic E-state index is 11.1. The minimum atomic E-state index is -1.53. The molecule has 0 bridgehead atoms. The van der Waals surface area contributed by atoms with Crippen LogP contribution in [-0.2, 0) is 14.3 Å². The number of carboxylic acids is 1. The van der Waals surface area contributed by atoms with Gasteiger partial charge in [-0.05, 0) is 6.42 Å². The van der Waals surface area contributed by atoms with E-state index in [1.165, 1.54) is 0 Å². The maximum absolute atomic E-state index is 11.1. The van der Waals surface area contributed by atoms with Crippen molar-refractivity contribution >= 4 is 11.8 Å². The summed E-state index contributed by atoms with van der Waals surface area (Å²) in [6.45, 7) is 1.87. The highest BCUT2D eigenvalue weighted by Crippen LogP contribution is 2.25. The van der Waals surface area contributed by atoms with Gasteiger partial charge in [-0.3, -0.25) is 4.79 Å². The van der Waals surface area contributed by atoms with E-state index in [1.54, 1.807) is 6.92 Å². The normalized spacial score (nSPS) is 30.8. The molecule has 0 aromatic rings. The van der Waals surface area contributed by atoms with Crippen molar-refractivity contribution in [2.75, 3.05) is 6.61 Å². The van der Waals surface area contributed by atoms with Crippen molar-refractivity contribution in [1.29, 1.82) is 0 Å². The highest BCUT2D eigenvalue weighted by Gasteiger charge is 2.48. The number of aliphatic carboxylic acids is 1. The molecule has 62 valence electrons. The maximum Gasteiger partial charge on any atom is 0.343 e. The van der Waals surface area contributed by atoms with E-state index in [9.17, 15) is 9.59 Å². The van der Waals surface area contributed by atoms with Gasteiger partial charge in [0.1, 0.15) is 0 Å². The molecular formula is C7H10O4. The van der Waals surface area contributed by atoms with Crippen LogP contribution < -0.4 is 0 Å². The van der Waals surface area contributed by atoms with Gasteiger partial charge in [-0.25, -0.2) is 4.79 Å². The zero-order valence-corrected chi connectivity index (χ0v) is 6.29. The van der Waals surface area contributed by atoms with E-state index in [0.717, 1.165) is 0 Å². The first-order valence-corrected chi connectivity index (χ1v) is 3.54. The number of Topliss-reactive ketones (excluding diaryl/α,β-unsaturated/α-hetero) is 1. The number of carbonyl (C=O) groups is 2. The van der Waals surface area contributed by atoms with Gasteiger partial charge in [-0.1, -0.05) is 6.92 Å². The third kappa shape index (κ3) is 1.03. The quantitative estimate of drug-likeness (QED) is 0.583. The largest absolute Gasteiger partial charge is 0.479 e. The Balaban J connectivity index is 2.91. The number of hydrogen-bond acceptors (Lipinski definition) is 3. The fourth-order valence-corrected chi connectivity index (χ4v) is 1.23. The van der Waals surface area contributed by atoms with E-state index in [0.29, 0.717) is 0 Å². The molecule has 0 unspecified atom stereocenters. The van der Waals surface area contributed by atoms with Gasteiger partial charge < -0.3 is 9.84 Å². The van der Waals surface area contributed by atoms with Gasteiger partial charge in [0.15, 0.2) is 5.78 Å². The average Bonchev–Trinajstić information content (AvgIpc) is 2.32. The first kappa shape index (κ1) is 8.20. The number of rotatable bonds is 2. The topological polar surface area (TPSA) is 63.6 Å². The summed E-state index contributed by atoms with van der Waals surface area (Å²) in [6, 6.07) is 0. The van der Waals surface area contributed by atoms with Gasteiger partial charge in [0, 0.05) is 6.42 Å². The molecule has 1 aliphatic rings. The van der Waals surface area contributed by atoms with Crippen LogP contribution in [0.3, 0.4) is 0 Å². The van der Waals surface area contributed by atoms with Crippen LogP contribution >= 0.6 is 0 Å². The molecule has 0 amide bonds. The van der Waals surface area contributed by atoms with Crippen molar-refractivity contribution in [1.82, 2.24) is 0 Å². The summed E-state index contributed by atoms with van der Waals surface area (Å²) in [5.41, 5.74) is -1.53. The van der Waals surface area contributed by atoms with E-state index in [1.807, 2.05) is 0 Å². The van der Waals surface area contributed by atoms with E-state index < -0.39 is 11.6 Å². The summed E-state index contributed by atoms with van der Waals surface area (Å²) in [5, 5.41) is 8.69. The van der Waals surface area contributed by atoms with Crippen molar-refractivity contribution in [3.05, 3.63) is 0 Å². The van der Waals surface area contributed by atoms with Gasteiger partial charge in [-0.2, -0.15) is 0 Å². The lowest BCUT2D eigenvalue weighted by Gasteiger charge is -2.18. The van der Waals surface area contributed by atoms with Crippen LogP contribution in [0.25, 0.3) is 0 Å². The molecule has 1 N–H and O–H groups in total. The van der Waals surface area contributed by atoms with Crippen LogP contribution in [0.1, 0.15) is 19.8 Å². The van der Waals surface area contributed by atoms with Gasteiger partial charge in [0.25, 0.3) is 0 Å². The highest BCUT2D eigenvalue weighted by atomic mass is 16.5. The van der Waals surface area contributed by atoms with Crippen molar-refractivity contribution < 1.29 is 19.4 Å². The van der Waals surface area contributed by atoms with Crippen molar-refractivity contribution in [3.63, 3.8) is 0 Å². The fourth-order valence-electron chi connectivity index (χ4n) is 1.23. The van der Waals surface area contributed by atoms with Gasteiger partial charge in [0.2, 0.25) is 5.60 Å². The zero-order chi connectivity index (χ0) is 8.48. The lowest BCUT2D eigenvalue weighted by molar-refractivity contribution is -0.164. The van der Waals surface area contributed by atoms with Crippen LogP contribution in [0.2, 0.25) is 0 Å². The smallest absolute Gasteiger partial charge is 0.343 e. The van der Waals surface area contributed by atoms with Crippen LogP contribution in [0.15, 0.2) is 0 Å².